The van der Waals surface area contributed by atoms with E-state index in [2.05, 4.69) is 52.2 Å². The molecule has 0 aliphatic carbocycles. The Balaban J connectivity index is 1.21. The number of benzene rings is 2. The van der Waals surface area contributed by atoms with Crippen molar-refractivity contribution >= 4 is 17.5 Å². The quantitative estimate of drug-likeness (QED) is 0.450. The first-order chi connectivity index (χ1) is 17.4. The van der Waals surface area contributed by atoms with Crippen LogP contribution in [0.1, 0.15) is 56.9 Å². The average Bonchev–Trinajstić information content (AvgIpc) is 3.35. The first-order valence-electron chi connectivity index (χ1n) is 12.9. The summed E-state index contributed by atoms with van der Waals surface area (Å²) in [7, 11) is 0. The van der Waals surface area contributed by atoms with Crippen LogP contribution in [0.15, 0.2) is 54.6 Å². The summed E-state index contributed by atoms with van der Waals surface area (Å²) >= 11 is 0. The number of carbonyl (C=O) groups is 2. The van der Waals surface area contributed by atoms with Crippen LogP contribution in [-0.4, -0.2) is 70.7 Å². The molecule has 2 amide bonds. The van der Waals surface area contributed by atoms with E-state index in [1.807, 2.05) is 36.7 Å². The van der Waals surface area contributed by atoms with E-state index in [9.17, 15) is 9.59 Å². The number of carbonyl (C=O) groups excluding carboxylic acids is 2. The van der Waals surface area contributed by atoms with Gasteiger partial charge in [0.1, 0.15) is 0 Å². The first-order valence-corrected chi connectivity index (χ1v) is 12.9. The fourth-order valence-corrected chi connectivity index (χ4v) is 5.42. The molecule has 0 radical (unpaired) electrons. The monoisotopic (exact) mass is 485 g/mol. The van der Waals surface area contributed by atoms with Crippen LogP contribution >= 0.6 is 0 Å². The van der Waals surface area contributed by atoms with Crippen molar-refractivity contribution in [1.29, 1.82) is 0 Å². The fraction of sp³-hybridized carbons (Fsp3) is 0.414. The molecule has 2 aromatic carbocycles. The Hall–Kier alpha value is -3.45. The van der Waals surface area contributed by atoms with Crippen molar-refractivity contribution in [3.8, 4) is 0 Å². The maximum Gasteiger partial charge on any atom is 0.263 e. The van der Waals surface area contributed by atoms with Gasteiger partial charge in [0.05, 0.1) is 29.1 Å². The van der Waals surface area contributed by atoms with E-state index in [1.54, 1.807) is 6.07 Å². The lowest BCUT2D eigenvalue weighted by atomic mass is 9.97. The van der Waals surface area contributed by atoms with Gasteiger partial charge in [-0.05, 0) is 56.5 Å². The average molecular weight is 486 g/mol. The molecule has 0 unspecified atom stereocenters. The fourth-order valence-electron chi connectivity index (χ4n) is 5.42. The van der Waals surface area contributed by atoms with Gasteiger partial charge >= 0.3 is 0 Å². The molecule has 7 nitrogen and oxygen atoms in total. The van der Waals surface area contributed by atoms with E-state index in [0.717, 1.165) is 56.2 Å². The van der Waals surface area contributed by atoms with Crippen LogP contribution in [0.5, 0.6) is 0 Å². The van der Waals surface area contributed by atoms with Crippen LogP contribution in [0, 0.1) is 13.8 Å². The molecule has 2 aliphatic heterocycles. The molecule has 1 atom stereocenters. The van der Waals surface area contributed by atoms with Crippen LogP contribution in [0.2, 0.25) is 0 Å². The Kier molecular flexibility index (Phi) is 6.92. The summed E-state index contributed by atoms with van der Waals surface area (Å²) in [6, 6.07) is 18.4. The SMILES string of the molecule is Cc1cc(C)n(CCN2C(=O)c3cccc(N4CCN(CC[C@@H](C)c5ccccc5)CC4)c3C2=O)n1. The van der Waals surface area contributed by atoms with Crippen molar-refractivity contribution in [3.05, 3.63) is 82.7 Å². The summed E-state index contributed by atoms with van der Waals surface area (Å²) in [6.45, 7) is 11.7. The number of imide groups is 1. The maximum absolute atomic E-state index is 13.4. The minimum atomic E-state index is -0.202. The number of anilines is 1. The minimum absolute atomic E-state index is 0.189. The zero-order valence-corrected chi connectivity index (χ0v) is 21.5. The molecule has 1 fully saturated rings. The molecule has 5 rings (SSSR count). The standard InChI is InChI=1S/C29H35N5O2/c1-21(24-8-5-4-6-9-24)12-13-31-14-16-32(17-15-31)26-11-7-10-25-27(26)29(36)33(28(25)35)18-19-34-23(3)20-22(2)30-34/h4-11,20-21H,12-19H2,1-3H3/t21-/m1/s1. The summed E-state index contributed by atoms with van der Waals surface area (Å²) in [5.41, 5.74) is 5.32. The number of aryl methyl sites for hydroxylation is 2. The van der Waals surface area contributed by atoms with Gasteiger partial charge in [-0.3, -0.25) is 24.1 Å². The van der Waals surface area contributed by atoms with Crippen LogP contribution in [0.25, 0.3) is 0 Å². The Morgan fingerprint density at radius 2 is 1.61 bits per heavy atom. The summed E-state index contributed by atoms with van der Waals surface area (Å²) in [5.74, 6) is 0.142. The Morgan fingerprint density at radius 1 is 0.861 bits per heavy atom. The molecule has 188 valence electrons. The number of aromatic nitrogens is 2. The van der Waals surface area contributed by atoms with E-state index < -0.39 is 0 Å². The number of hydrogen-bond donors (Lipinski definition) is 0. The maximum atomic E-state index is 13.4. The van der Waals surface area contributed by atoms with Crippen molar-refractivity contribution in [1.82, 2.24) is 19.6 Å². The second kappa shape index (κ2) is 10.3. The summed E-state index contributed by atoms with van der Waals surface area (Å²) in [5, 5.41) is 4.47. The van der Waals surface area contributed by atoms with Crippen LogP contribution in [0.4, 0.5) is 5.69 Å². The largest absolute Gasteiger partial charge is 0.368 e. The van der Waals surface area contributed by atoms with Gasteiger partial charge in [-0.15, -0.1) is 0 Å². The van der Waals surface area contributed by atoms with Crippen molar-refractivity contribution in [2.45, 2.75) is 39.7 Å². The lowest BCUT2D eigenvalue weighted by Crippen LogP contribution is -2.47. The first kappa shape index (κ1) is 24.3. The molecule has 3 heterocycles. The lowest BCUT2D eigenvalue weighted by molar-refractivity contribution is 0.0647. The molecular weight excluding hydrogens is 450 g/mol. The van der Waals surface area contributed by atoms with E-state index in [0.29, 0.717) is 30.1 Å². The van der Waals surface area contributed by atoms with Crippen LogP contribution in [-0.2, 0) is 6.54 Å². The predicted molar refractivity (Wildman–Crippen MR) is 142 cm³/mol. The molecule has 3 aromatic rings. The molecule has 1 saturated heterocycles. The zero-order chi connectivity index (χ0) is 25.2. The molecular formula is C29H35N5O2. The summed E-state index contributed by atoms with van der Waals surface area (Å²) in [6.07, 6.45) is 1.13. The van der Waals surface area contributed by atoms with Gasteiger partial charge in [0.15, 0.2) is 0 Å². The highest BCUT2D eigenvalue weighted by Crippen LogP contribution is 2.32. The number of rotatable bonds is 8. The van der Waals surface area contributed by atoms with E-state index >= 15 is 0 Å². The van der Waals surface area contributed by atoms with Crippen molar-refractivity contribution in [2.24, 2.45) is 0 Å². The van der Waals surface area contributed by atoms with Gasteiger partial charge in [-0.25, -0.2) is 0 Å². The highest BCUT2D eigenvalue weighted by molar-refractivity contribution is 6.23. The highest BCUT2D eigenvalue weighted by atomic mass is 16.2. The van der Waals surface area contributed by atoms with Crippen molar-refractivity contribution in [3.63, 3.8) is 0 Å². The molecule has 0 bridgehead atoms. The van der Waals surface area contributed by atoms with Gasteiger partial charge in [0, 0.05) is 38.4 Å². The topological polar surface area (TPSA) is 61.7 Å². The number of amides is 2. The predicted octanol–water partition coefficient (Wildman–Crippen LogP) is 4.11. The summed E-state index contributed by atoms with van der Waals surface area (Å²) < 4.78 is 1.86. The Labute approximate surface area is 213 Å². The van der Waals surface area contributed by atoms with Gasteiger partial charge in [0.2, 0.25) is 0 Å². The van der Waals surface area contributed by atoms with Gasteiger partial charge < -0.3 is 4.90 Å². The number of fused-ring (bicyclic) bond motifs is 1. The smallest absolute Gasteiger partial charge is 0.263 e. The molecule has 0 saturated carbocycles. The normalized spacial score (nSPS) is 17.1. The van der Waals surface area contributed by atoms with Crippen molar-refractivity contribution < 1.29 is 9.59 Å². The third kappa shape index (κ3) is 4.80. The van der Waals surface area contributed by atoms with Gasteiger partial charge in [0.25, 0.3) is 11.8 Å². The molecule has 36 heavy (non-hydrogen) atoms. The zero-order valence-electron chi connectivity index (χ0n) is 21.5. The van der Waals surface area contributed by atoms with Gasteiger partial charge in [-0.2, -0.15) is 5.10 Å². The van der Waals surface area contributed by atoms with E-state index in [1.165, 1.54) is 10.5 Å². The highest BCUT2D eigenvalue weighted by Gasteiger charge is 2.38. The lowest BCUT2D eigenvalue weighted by Gasteiger charge is -2.37. The number of nitrogens with zero attached hydrogens (tertiary/aromatic N) is 5. The van der Waals surface area contributed by atoms with E-state index in [-0.39, 0.29) is 11.8 Å². The van der Waals surface area contributed by atoms with E-state index in [4.69, 9.17) is 0 Å². The molecule has 1 aromatic heterocycles. The Bertz CT molecular complexity index is 1240. The summed E-state index contributed by atoms with van der Waals surface area (Å²) in [4.78, 5) is 32.7. The molecule has 0 N–H and O–H groups in total. The van der Waals surface area contributed by atoms with Crippen LogP contribution < -0.4 is 4.90 Å². The third-order valence-electron chi connectivity index (χ3n) is 7.58. The number of hydrogen-bond acceptors (Lipinski definition) is 5. The molecule has 7 heteroatoms. The minimum Gasteiger partial charge on any atom is -0.368 e. The second-order valence-corrected chi connectivity index (χ2v) is 10.0. The Morgan fingerprint density at radius 3 is 2.31 bits per heavy atom. The second-order valence-electron chi connectivity index (χ2n) is 10.0. The number of piperazine rings is 1. The van der Waals surface area contributed by atoms with Crippen molar-refractivity contribution in [2.75, 3.05) is 44.2 Å². The van der Waals surface area contributed by atoms with Crippen LogP contribution in [0.3, 0.4) is 0 Å². The molecule has 2 aliphatic rings. The third-order valence-corrected chi connectivity index (χ3v) is 7.58. The molecule has 0 spiro atoms. The van der Waals surface area contributed by atoms with Gasteiger partial charge in [-0.1, -0.05) is 43.3 Å².